The fourth-order valence-corrected chi connectivity index (χ4v) is 4.60. The summed E-state index contributed by atoms with van der Waals surface area (Å²) in [5, 5.41) is 14.3. The van der Waals surface area contributed by atoms with Crippen LogP contribution in [0.2, 0.25) is 0 Å². The average Bonchev–Trinajstić information content (AvgIpc) is 3.44. The normalized spacial score (nSPS) is 19.8. The first-order valence-corrected chi connectivity index (χ1v) is 10.2. The molecule has 1 unspecified atom stereocenters. The number of aromatic nitrogens is 4. The Bertz CT molecular complexity index is 977. The zero-order valence-corrected chi connectivity index (χ0v) is 16.2. The molecule has 2 aromatic carbocycles. The van der Waals surface area contributed by atoms with Crippen molar-refractivity contribution in [3.05, 3.63) is 66.0 Å². The molecule has 148 valence electrons. The minimum Gasteiger partial charge on any atom is -0.326 e. The van der Waals surface area contributed by atoms with E-state index in [9.17, 15) is 4.79 Å². The van der Waals surface area contributed by atoms with E-state index in [1.165, 1.54) is 11.1 Å². The van der Waals surface area contributed by atoms with E-state index in [2.05, 4.69) is 50.0 Å². The van der Waals surface area contributed by atoms with Gasteiger partial charge in [-0.05, 0) is 72.0 Å². The topological polar surface area (TPSA) is 75.9 Å². The third-order valence-corrected chi connectivity index (χ3v) is 6.10. The molecular formula is C22H24N6O. The van der Waals surface area contributed by atoms with Crippen molar-refractivity contribution in [2.45, 2.75) is 31.7 Å². The number of rotatable bonds is 4. The molecule has 1 amide bonds. The Hall–Kier alpha value is -3.06. The van der Waals surface area contributed by atoms with Gasteiger partial charge >= 0.3 is 0 Å². The summed E-state index contributed by atoms with van der Waals surface area (Å²) in [4.78, 5) is 15.5. The molecule has 3 aromatic rings. The van der Waals surface area contributed by atoms with Crippen LogP contribution in [0.1, 0.15) is 24.0 Å². The van der Waals surface area contributed by atoms with Crippen molar-refractivity contribution in [1.82, 2.24) is 25.1 Å². The first-order valence-electron chi connectivity index (χ1n) is 10.2. The Morgan fingerprint density at radius 3 is 2.66 bits per heavy atom. The quantitative estimate of drug-likeness (QED) is 0.743. The Labute approximate surface area is 169 Å². The molecule has 0 saturated carbocycles. The highest BCUT2D eigenvalue weighted by molar-refractivity contribution is 5.93. The molecule has 2 aliphatic rings. The predicted molar refractivity (Wildman–Crippen MR) is 110 cm³/mol. The number of carbonyl (C=O) groups excluding carboxylic acids is 1. The highest BCUT2D eigenvalue weighted by Crippen LogP contribution is 2.29. The summed E-state index contributed by atoms with van der Waals surface area (Å²) in [5.41, 5.74) is 4.52. The van der Waals surface area contributed by atoms with E-state index in [0.29, 0.717) is 6.04 Å². The molecule has 2 heterocycles. The predicted octanol–water partition coefficient (Wildman–Crippen LogP) is 2.48. The number of hydrogen-bond acceptors (Lipinski definition) is 5. The largest absolute Gasteiger partial charge is 0.326 e. The van der Waals surface area contributed by atoms with Crippen LogP contribution in [0.3, 0.4) is 0 Å². The zero-order chi connectivity index (χ0) is 19.6. The minimum absolute atomic E-state index is 0.0177. The van der Waals surface area contributed by atoms with Crippen LogP contribution in [-0.4, -0.2) is 50.1 Å². The maximum Gasteiger partial charge on any atom is 0.228 e. The minimum atomic E-state index is 0.0177. The number of nitrogens with one attached hydrogen (secondary N) is 1. The van der Waals surface area contributed by atoms with Crippen LogP contribution in [0.15, 0.2) is 54.9 Å². The molecule has 1 atom stereocenters. The highest BCUT2D eigenvalue weighted by atomic mass is 16.1. The second-order valence-electron chi connectivity index (χ2n) is 7.96. The summed E-state index contributed by atoms with van der Waals surface area (Å²) in [6.45, 7) is 1.91. The summed E-state index contributed by atoms with van der Waals surface area (Å²) >= 11 is 0. The molecule has 1 aromatic heterocycles. The van der Waals surface area contributed by atoms with Crippen LogP contribution in [0, 0.1) is 5.92 Å². The van der Waals surface area contributed by atoms with Gasteiger partial charge in [-0.1, -0.05) is 30.3 Å². The van der Waals surface area contributed by atoms with Crippen LogP contribution in [0.4, 0.5) is 5.69 Å². The van der Waals surface area contributed by atoms with Crippen molar-refractivity contribution in [3.63, 3.8) is 0 Å². The van der Waals surface area contributed by atoms with Crippen LogP contribution in [-0.2, 0) is 17.6 Å². The van der Waals surface area contributed by atoms with Crippen molar-refractivity contribution < 1.29 is 4.79 Å². The molecule has 1 aliphatic heterocycles. The van der Waals surface area contributed by atoms with Gasteiger partial charge in [-0.15, -0.1) is 5.10 Å². The van der Waals surface area contributed by atoms with Gasteiger partial charge in [0.05, 0.1) is 11.6 Å². The average molecular weight is 388 g/mol. The van der Waals surface area contributed by atoms with E-state index in [1.54, 1.807) is 11.0 Å². The number of nitrogens with zero attached hydrogens (tertiary/aromatic N) is 5. The maximum absolute atomic E-state index is 13.0. The van der Waals surface area contributed by atoms with Gasteiger partial charge in [-0.2, -0.15) is 0 Å². The van der Waals surface area contributed by atoms with Crippen LogP contribution in [0.5, 0.6) is 0 Å². The standard InChI is InChI=1S/C22H24N6O/c29-22(24-19-8-3-9-20(13-19)28-15-23-25-26-28)18-7-4-10-27(14-18)21-11-16-5-1-2-6-17(16)12-21/h1-3,5-6,8-9,13,15,18,21H,4,7,10-12,14H2,(H,24,29). The molecule has 7 nitrogen and oxygen atoms in total. The van der Waals surface area contributed by atoms with Crippen molar-refractivity contribution in [3.8, 4) is 5.69 Å². The third-order valence-electron chi connectivity index (χ3n) is 6.10. The SMILES string of the molecule is O=C(Nc1cccc(-n2cnnn2)c1)C1CCCN(C2Cc3ccccc3C2)C1. The number of carbonyl (C=O) groups is 1. The maximum atomic E-state index is 13.0. The summed E-state index contributed by atoms with van der Waals surface area (Å²) in [6.07, 6.45) is 5.74. The molecule has 1 aliphatic carbocycles. The molecule has 29 heavy (non-hydrogen) atoms. The first-order chi connectivity index (χ1) is 14.3. The second kappa shape index (κ2) is 7.75. The van der Waals surface area contributed by atoms with Gasteiger partial charge in [0.25, 0.3) is 0 Å². The Morgan fingerprint density at radius 2 is 1.90 bits per heavy atom. The van der Waals surface area contributed by atoms with Gasteiger partial charge in [-0.3, -0.25) is 9.69 Å². The molecule has 1 saturated heterocycles. The fraction of sp³-hybridized carbons (Fsp3) is 0.364. The lowest BCUT2D eigenvalue weighted by Crippen LogP contribution is -2.46. The zero-order valence-electron chi connectivity index (χ0n) is 16.2. The number of anilines is 1. The van der Waals surface area contributed by atoms with Crippen molar-refractivity contribution >= 4 is 11.6 Å². The summed E-state index contributed by atoms with van der Waals surface area (Å²) < 4.78 is 1.58. The van der Waals surface area contributed by atoms with Gasteiger partial charge in [-0.25, -0.2) is 4.68 Å². The molecule has 7 heteroatoms. The van der Waals surface area contributed by atoms with E-state index >= 15 is 0 Å². The third kappa shape index (κ3) is 3.78. The number of fused-ring (bicyclic) bond motifs is 1. The summed E-state index contributed by atoms with van der Waals surface area (Å²) in [7, 11) is 0. The molecular weight excluding hydrogens is 364 g/mol. The first kappa shape index (κ1) is 18.0. The number of likely N-dealkylation sites (tertiary alicyclic amines) is 1. The van der Waals surface area contributed by atoms with E-state index in [4.69, 9.17) is 0 Å². The van der Waals surface area contributed by atoms with Gasteiger partial charge < -0.3 is 5.32 Å². The van der Waals surface area contributed by atoms with Crippen LogP contribution < -0.4 is 5.32 Å². The van der Waals surface area contributed by atoms with Gasteiger partial charge in [0.15, 0.2) is 0 Å². The fourth-order valence-electron chi connectivity index (χ4n) is 4.60. The van der Waals surface area contributed by atoms with Gasteiger partial charge in [0, 0.05) is 18.3 Å². The molecule has 0 spiro atoms. The lowest BCUT2D eigenvalue weighted by molar-refractivity contribution is -0.121. The lowest BCUT2D eigenvalue weighted by Gasteiger charge is -2.36. The Balaban J connectivity index is 1.23. The molecule has 0 bridgehead atoms. The van der Waals surface area contributed by atoms with E-state index in [1.807, 2.05) is 24.3 Å². The summed E-state index contributed by atoms with van der Waals surface area (Å²) in [5.74, 6) is 0.114. The molecule has 5 rings (SSSR count). The second-order valence-corrected chi connectivity index (χ2v) is 7.96. The van der Waals surface area contributed by atoms with Crippen molar-refractivity contribution in [2.75, 3.05) is 18.4 Å². The number of benzene rings is 2. The van der Waals surface area contributed by atoms with E-state index < -0.39 is 0 Å². The highest BCUT2D eigenvalue weighted by Gasteiger charge is 2.32. The van der Waals surface area contributed by atoms with E-state index in [-0.39, 0.29) is 11.8 Å². The van der Waals surface area contributed by atoms with Crippen molar-refractivity contribution in [2.24, 2.45) is 5.92 Å². The molecule has 0 radical (unpaired) electrons. The van der Waals surface area contributed by atoms with Crippen LogP contribution in [0.25, 0.3) is 5.69 Å². The monoisotopic (exact) mass is 388 g/mol. The number of piperidine rings is 1. The number of amides is 1. The van der Waals surface area contributed by atoms with Gasteiger partial charge in [0.1, 0.15) is 6.33 Å². The summed E-state index contributed by atoms with van der Waals surface area (Å²) in [6, 6.07) is 16.8. The molecule has 1 fully saturated rings. The van der Waals surface area contributed by atoms with E-state index in [0.717, 1.165) is 50.1 Å². The lowest BCUT2D eigenvalue weighted by atomic mass is 9.95. The van der Waals surface area contributed by atoms with Crippen molar-refractivity contribution in [1.29, 1.82) is 0 Å². The molecule has 1 N–H and O–H groups in total. The Morgan fingerprint density at radius 1 is 1.07 bits per heavy atom. The van der Waals surface area contributed by atoms with Gasteiger partial charge in [0.2, 0.25) is 5.91 Å². The number of tetrazole rings is 1. The van der Waals surface area contributed by atoms with Crippen LogP contribution >= 0.6 is 0 Å². The number of hydrogen-bond donors (Lipinski definition) is 1. The Kier molecular flexibility index (Phi) is 4.81. The smallest absolute Gasteiger partial charge is 0.228 e.